The van der Waals surface area contributed by atoms with E-state index >= 15 is 0 Å². The zero-order valence-electron chi connectivity index (χ0n) is 13.6. The normalized spacial score (nSPS) is 16.1. The van der Waals surface area contributed by atoms with E-state index in [1.54, 1.807) is 31.2 Å². The maximum atomic E-state index is 12.6. The zero-order chi connectivity index (χ0) is 17.2. The molecule has 1 saturated heterocycles. The molecule has 0 amide bonds. The van der Waals surface area contributed by atoms with Crippen LogP contribution in [0.2, 0.25) is 0 Å². The number of carbonyl (C=O) groups is 1. The third-order valence-corrected chi connectivity index (χ3v) is 6.17. The lowest BCUT2D eigenvalue weighted by Crippen LogP contribution is -2.48. The molecule has 0 aliphatic carbocycles. The summed E-state index contributed by atoms with van der Waals surface area (Å²) in [5, 5.41) is 0. The highest BCUT2D eigenvalue weighted by Gasteiger charge is 2.28. The summed E-state index contributed by atoms with van der Waals surface area (Å²) < 4.78 is 26.8. The summed E-state index contributed by atoms with van der Waals surface area (Å²) in [6.07, 6.45) is 0. The molecule has 0 spiro atoms. The molecule has 5 nitrogen and oxygen atoms in total. The molecule has 0 atom stereocenters. The van der Waals surface area contributed by atoms with Gasteiger partial charge in [-0.3, -0.25) is 4.79 Å². The van der Waals surface area contributed by atoms with Crippen LogP contribution in [0.25, 0.3) is 0 Å². The van der Waals surface area contributed by atoms with Crippen LogP contribution in [0.4, 0.5) is 5.69 Å². The Kier molecular flexibility index (Phi) is 4.69. The van der Waals surface area contributed by atoms with Crippen LogP contribution in [0.1, 0.15) is 17.3 Å². The fraction of sp³-hybridized carbons (Fsp3) is 0.278. The molecule has 0 N–H and O–H groups in total. The average molecular weight is 344 g/mol. The van der Waals surface area contributed by atoms with Gasteiger partial charge in [0, 0.05) is 37.4 Å². The second-order valence-corrected chi connectivity index (χ2v) is 7.75. The van der Waals surface area contributed by atoms with E-state index < -0.39 is 10.0 Å². The first-order chi connectivity index (χ1) is 11.5. The fourth-order valence-corrected chi connectivity index (χ4v) is 4.28. The molecule has 0 saturated carbocycles. The van der Waals surface area contributed by atoms with Crippen LogP contribution in [-0.4, -0.2) is 44.7 Å². The molecule has 1 fully saturated rings. The molecular formula is C18H20N2O3S. The largest absolute Gasteiger partial charge is 0.369 e. The van der Waals surface area contributed by atoms with Gasteiger partial charge < -0.3 is 4.90 Å². The molecule has 2 aromatic carbocycles. The van der Waals surface area contributed by atoms with Crippen molar-refractivity contribution in [2.75, 3.05) is 31.1 Å². The molecule has 0 radical (unpaired) electrons. The van der Waals surface area contributed by atoms with Crippen molar-refractivity contribution >= 4 is 21.5 Å². The molecule has 0 unspecified atom stereocenters. The molecule has 1 aliphatic rings. The topological polar surface area (TPSA) is 57.7 Å². The van der Waals surface area contributed by atoms with E-state index in [0.717, 1.165) is 5.69 Å². The van der Waals surface area contributed by atoms with E-state index in [4.69, 9.17) is 0 Å². The second kappa shape index (κ2) is 6.75. The van der Waals surface area contributed by atoms with Crippen LogP contribution in [0.3, 0.4) is 0 Å². The van der Waals surface area contributed by atoms with Crippen LogP contribution in [0.5, 0.6) is 0 Å². The number of nitrogens with zero attached hydrogens (tertiary/aromatic N) is 2. The number of ketones is 1. The number of anilines is 1. The predicted octanol–water partition coefficient (Wildman–Crippen LogP) is 2.40. The summed E-state index contributed by atoms with van der Waals surface area (Å²) >= 11 is 0. The van der Waals surface area contributed by atoms with Gasteiger partial charge >= 0.3 is 0 Å². The zero-order valence-corrected chi connectivity index (χ0v) is 14.4. The van der Waals surface area contributed by atoms with Gasteiger partial charge in [-0.1, -0.05) is 18.2 Å². The first kappa shape index (κ1) is 16.7. The first-order valence-corrected chi connectivity index (χ1v) is 9.33. The number of Topliss-reactive ketones (excluding diaryl/α,β-unsaturated/α-hetero) is 1. The Labute approximate surface area is 142 Å². The van der Waals surface area contributed by atoms with Crippen LogP contribution in [0, 0.1) is 0 Å². The Morgan fingerprint density at radius 3 is 2.00 bits per heavy atom. The van der Waals surface area contributed by atoms with Crippen LogP contribution >= 0.6 is 0 Å². The molecule has 0 bridgehead atoms. The van der Waals surface area contributed by atoms with E-state index in [1.807, 2.05) is 30.3 Å². The Morgan fingerprint density at radius 1 is 0.875 bits per heavy atom. The summed E-state index contributed by atoms with van der Waals surface area (Å²) in [6, 6.07) is 16.0. The molecule has 2 aromatic rings. The average Bonchev–Trinajstić information content (AvgIpc) is 2.62. The first-order valence-electron chi connectivity index (χ1n) is 7.89. The van der Waals surface area contributed by atoms with E-state index in [9.17, 15) is 13.2 Å². The van der Waals surface area contributed by atoms with E-state index in [2.05, 4.69) is 4.90 Å². The van der Waals surface area contributed by atoms with Crippen LogP contribution < -0.4 is 4.90 Å². The van der Waals surface area contributed by atoms with Crippen molar-refractivity contribution in [3.05, 3.63) is 60.2 Å². The summed E-state index contributed by atoms with van der Waals surface area (Å²) in [5.41, 5.74) is 1.70. The van der Waals surface area contributed by atoms with Crippen LogP contribution in [-0.2, 0) is 10.0 Å². The van der Waals surface area contributed by atoms with Crippen molar-refractivity contribution in [1.82, 2.24) is 4.31 Å². The monoisotopic (exact) mass is 344 g/mol. The van der Waals surface area contributed by atoms with E-state index in [-0.39, 0.29) is 5.78 Å². The number of sulfonamides is 1. The van der Waals surface area contributed by atoms with E-state index in [1.165, 1.54) is 4.31 Å². The molecule has 0 aromatic heterocycles. The SMILES string of the molecule is CC(=O)c1ccc(N2CCN(S(=O)(=O)c3ccccc3)CC2)cc1. The van der Waals surface area contributed by atoms with Crippen LogP contribution in [0.15, 0.2) is 59.5 Å². The third-order valence-electron chi connectivity index (χ3n) is 4.26. The van der Waals surface area contributed by atoms with Gasteiger partial charge in [0.15, 0.2) is 5.78 Å². The summed E-state index contributed by atoms with van der Waals surface area (Å²) in [5.74, 6) is 0.0420. The molecule has 3 rings (SSSR count). The molecule has 1 heterocycles. The molecule has 1 aliphatic heterocycles. The van der Waals surface area contributed by atoms with Crippen molar-refractivity contribution in [3.8, 4) is 0 Å². The van der Waals surface area contributed by atoms with Crippen molar-refractivity contribution in [2.45, 2.75) is 11.8 Å². The lowest BCUT2D eigenvalue weighted by atomic mass is 10.1. The Hall–Kier alpha value is -2.18. The minimum atomic E-state index is -3.42. The minimum absolute atomic E-state index is 0.0420. The van der Waals surface area contributed by atoms with Crippen molar-refractivity contribution in [2.24, 2.45) is 0 Å². The number of rotatable bonds is 4. The standard InChI is InChI=1S/C18H20N2O3S/c1-15(21)16-7-9-17(10-8-16)19-11-13-20(14-12-19)24(22,23)18-5-3-2-4-6-18/h2-10H,11-14H2,1H3. The highest BCUT2D eigenvalue weighted by molar-refractivity contribution is 7.89. The molecule has 24 heavy (non-hydrogen) atoms. The summed E-state index contributed by atoms with van der Waals surface area (Å²) in [4.78, 5) is 13.8. The highest BCUT2D eigenvalue weighted by atomic mass is 32.2. The highest BCUT2D eigenvalue weighted by Crippen LogP contribution is 2.21. The molecule has 6 heteroatoms. The minimum Gasteiger partial charge on any atom is -0.369 e. The lowest BCUT2D eigenvalue weighted by Gasteiger charge is -2.35. The van der Waals surface area contributed by atoms with Gasteiger partial charge in [-0.2, -0.15) is 4.31 Å². The Balaban J connectivity index is 1.68. The predicted molar refractivity (Wildman–Crippen MR) is 93.9 cm³/mol. The van der Waals surface area contributed by atoms with Crippen molar-refractivity contribution in [1.29, 1.82) is 0 Å². The van der Waals surface area contributed by atoms with Gasteiger partial charge in [0.2, 0.25) is 10.0 Å². The smallest absolute Gasteiger partial charge is 0.243 e. The number of piperazine rings is 1. The third kappa shape index (κ3) is 3.34. The lowest BCUT2D eigenvalue weighted by molar-refractivity contribution is 0.101. The van der Waals surface area contributed by atoms with Gasteiger partial charge in [0.25, 0.3) is 0 Å². The summed E-state index contributed by atoms with van der Waals surface area (Å²) in [6.45, 7) is 3.70. The Bertz CT molecular complexity index is 809. The van der Waals surface area contributed by atoms with Gasteiger partial charge in [-0.25, -0.2) is 8.42 Å². The van der Waals surface area contributed by atoms with Gasteiger partial charge in [-0.05, 0) is 43.3 Å². The maximum Gasteiger partial charge on any atom is 0.243 e. The molecular weight excluding hydrogens is 324 g/mol. The van der Waals surface area contributed by atoms with Crippen molar-refractivity contribution < 1.29 is 13.2 Å². The van der Waals surface area contributed by atoms with Gasteiger partial charge in [0.1, 0.15) is 0 Å². The number of hydrogen-bond acceptors (Lipinski definition) is 4. The second-order valence-electron chi connectivity index (χ2n) is 5.81. The van der Waals surface area contributed by atoms with Gasteiger partial charge in [-0.15, -0.1) is 0 Å². The maximum absolute atomic E-state index is 12.6. The number of carbonyl (C=O) groups excluding carboxylic acids is 1. The molecule has 126 valence electrons. The fourth-order valence-electron chi connectivity index (χ4n) is 2.84. The number of benzene rings is 2. The van der Waals surface area contributed by atoms with Gasteiger partial charge in [0.05, 0.1) is 4.90 Å². The Morgan fingerprint density at radius 2 is 1.46 bits per heavy atom. The van der Waals surface area contributed by atoms with E-state index in [0.29, 0.717) is 36.6 Å². The number of hydrogen-bond donors (Lipinski definition) is 0. The van der Waals surface area contributed by atoms with Crippen molar-refractivity contribution in [3.63, 3.8) is 0 Å². The quantitative estimate of drug-likeness (QED) is 0.799. The summed E-state index contributed by atoms with van der Waals surface area (Å²) in [7, 11) is -3.42.